The molecule has 1 aliphatic rings. The molecular weight excluding hydrogens is 214 g/mol. The third-order valence-electron chi connectivity index (χ3n) is 2.32. The van der Waals surface area contributed by atoms with Crippen molar-refractivity contribution in [3.63, 3.8) is 0 Å². The molecule has 1 aromatic carbocycles. The van der Waals surface area contributed by atoms with Crippen molar-refractivity contribution in [2.24, 2.45) is 0 Å². The fraction of sp³-hybridized carbons (Fsp3) is 0.500. The van der Waals surface area contributed by atoms with Gasteiger partial charge in [-0.1, -0.05) is 0 Å². The Morgan fingerprint density at radius 3 is 2.53 bits per heavy atom. The van der Waals surface area contributed by atoms with Crippen LogP contribution in [0.25, 0.3) is 0 Å². The van der Waals surface area contributed by atoms with Gasteiger partial charge in [0.1, 0.15) is 23.2 Å². The molecule has 3 nitrogen and oxygen atoms in total. The summed E-state index contributed by atoms with van der Waals surface area (Å²) in [4.78, 5) is 0. The molecule has 0 amide bonds. The molecule has 0 unspecified atom stereocenters. The average molecular weight is 231 g/mol. The molecule has 90 valence electrons. The third kappa shape index (κ3) is 3.39. The molecule has 0 saturated heterocycles. The van der Waals surface area contributed by atoms with Crippen molar-refractivity contribution in [3.8, 4) is 17.6 Å². The predicted octanol–water partition coefficient (Wildman–Crippen LogP) is 3.28. The predicted molar refractivity (Wildman–Crippen MR) is 65.2 cm³/mol. The summed E-state index contributed by atoms with van der Waals surface area (Å²) in [5, 5.41) is 9.03. The number of rotatable bonds is 3. The van der Waals surface area contributed by atoms with Gasteiger partial charge in [0, 0.05) is 6.07 Å². The highest BCUT2D eigenvalue weighted by molar-refractivity contribution is 5.47. The number of hydrogen-bond donors (Lipinski definition) is 0. The molecule has 3 heteroatoms. The zero-order chi connectivity index (χ0) is 12.5. The molecule has 0 bridgehead atoms. The minimum absolute atomic E-state index is 0.316. The first-order valence-electron chi connectivity index (χ1n) is 5.88. The summed E-state index contributed by atoms with van der Waals surface area (Å²) in [7, 11) is 0. The van der Waals surface area contributed by atoms with Crippen LogP contribution < -0.4 is 9.47 Å². The molecule has 2 rings (SSSR count). The second kappa shape index (κ2) is 4.29. The van der Waals surface area contributed by atoms with Gasteiger partial charge in [0.05, 0.1) is 11.7 Å². The summed E-state index contributed by atoms with van der Waals surface area (Å²) in [6.07, 6.45) is 2.59. The molecule has 0 aliphatic heterocycles. The average Bonchev–Trinajstić information content (AvgIpc) is 3.00. The molecule has 17 heavy (non-hydrogen) atoms. The highest BCUT2D eigenvalue weighted by atomic mass is 16.5. The Labute approximate surface area is 102 Å². The van der Waals surface area contributed by atoms with Gasteiger partial charge in [-0.15, -0.1) is 0 Å². The van der Waals surface area contributed by atoms with Crippen LogP contribution in [-0.4, -0.2) is 11.7 Å². The largest absolute Gasteiger partial charge is 0.490 e. The maximum atomic E-state index is 9.03. The molecular formula is C14H17NO2. The summed E-state index contributed by atoms with van der Waals surface area (Å²) in [6.45, 7) is 5.88. The van der Waals surface area contributed by atoms with E-state index in [4.69, 9.17) is 14.7 Å². The maximum Gasteiger partial charge on any atom is 0.141 e. The molecule has 0 spiro atoms. The Bertz CT molecular complexity index is 450. The van der Waals surface area contributed by atoms with E-state index in [1.807, 2.05) is 32.9 Å². The van der Waals surface area contributed by atoms with E-state index < -0.39 is 0 Å². The lowest BCUT2D eigenvalue weighted by molar-refractivity contribution is 0.130. The summed E-state index contributed by atoms with van der Waals surface area (Å²) < 4.78 is 11.5. The van der Waals surface area contributed by atoms with Crippen molar-refractivity contribution in [2.75, 3.05) is 0 Å². The highest BCUT2D eigenvalue weighted by Gasteiger charge is 2.24. The minimum Gasteiger partial charge on any atom is -0.490 e. The first kappa shape index (κ1) is 11.8. The van der Waals surface area contributed by atoms with Crippen molar-refractivity contribution < 1.29 is 9.47 Å². The fourth-order valence-electron chi connectivity index (χ4n) is 1.46. The van der Waals surface area contributed by atoms with Crippen LogP contribution in [-0.2, 0) is 0 Å². The molecule has 0 N–H and O–H groups in total. The van der Waals surface area contributed by atoms with E-state index in [1.54, 1.807) is 6.07 Å². The Kier molecular flexibility index (Phi) is 2.97. The van der Waals surface area contributed by atoms with Crippen LogP contribution >= 0.6 is 0 Å². The lowest BCUT2D eigenvalue weighted by Gasteiger charge is -2.22. The van der Waals surface area contributed by atoms with Crippen molar-refractivity contribution >= 4 is 0 Å². The standard InChI is InChI=1S/C14H17NO2/c1-14(2,3)17-13-8-12(16-11-6-7-11)5-4-10(13)9-15/h4-5,8,11H,6-7H2,1-3H3. The normalized spacial score (nSPS) is 15.2. The Morgan fingerprint density at radius 1 is 1.29 bits per heavy atom. The smallest absolute Gasteiger partial charge is 0.141 e. The van der Waals surface area contributed by atoms with Gasteiger partial charge < -0.3 is 9.47 Å². The van der Waals surface area contributed by atoms with Crippen molar-refractivity contribution in [1.29, 1.82) is 5.26 Å². The Morgan fingerprint density at radius 2 is 2.00 bits per heavy atom. The zero-order valence-corrected chi connectivity index (χ0v) is 10.5. The van der Waals surface area contributed by atoms with E-state index in [9.17, 15) is 0 Å². The van der Waals surface area contributed by atoms with Crippen LogP contribution in [0, 0.1) is 11.3 Å². The first-order valence-corrected chi connectivity index (χ1v) is 5.88. The van der Waals surface area contributed by atoms with E-state index in [0.717, 1.165) is 18.6 Å². The van der Waals surface area contributed by atoms with Gasteiger partial charge in [0.2, 0.25) is 0 Å². The SMILES string of the molecule is CC(C)(C)Oc1cc(OC2CC2)ccc1C#N. The molecule has 1 aromatic rings. The minimum atomic E-state index is -0.316. The van der Waals surface area contributed by atoms with Crippen LogP contribution in [0.15, 0.2) is 18.2 Å². The van der Waals surface area contributed by atoms with E-state index in [0.29, 0.717) is 17.4 Å². The lowest BCUT2D eigenvalue weighted by atomic mass is 10.1. The lowest BCUT2D eigenvalue weighted by Crippen LogP contribution is -2.23. The van der Waals surface area contributed by atoms with E-state index in [-0.39, 0.29) is 5.60 Å². The number of ether oxygens (including phenoxy) is 2. The number of hydrogen-bond acceptors (Lipinski definition) is 3. The van der Waals surface area contributed by atoms with Gasteiger partial charge in [-0.05, 0) is 45.7 Å². The van der Waals surface area contributed by atoms with Crippen molar-refractivity contribution in [1.82, 2.24) is 0 Å². The van der Waals surface area contributed by atoms with Gasteiger partial charge >= 0.3 is 0 Å². The van der Waals surface area contributed by atoms with E-state index in [1.165, 1.54) is 0 Å². The molecule has 1 saturated carbocycles. The van der Waals surface area contributed by atoms with Crippen LogP contribution in [0.5, 0.6) is 11.5 Å². The molecule has 0 radical (unpaired) electrons. The summed E-state index contributed by atoms with van der Waals surface area (Å²) >= 11 is 0. The van der Waals surface area contributed by atoms with E-state index >= 15 is 0 Å². The summed E-state index contributed by atoms with van der Waals surface area (Å²) in [5.41, 5.74) is 0.229. The third-order valence-corrected chi connectivity index (χ3v) is 2.32. The molecule has 0 atom stereocenters. The fourth-order valence-corrected chi connectivity index (χ4v) is 1.46. The number of nitriles is 1. The number of nitrogens with zero attached hydrogens (tertiary/aromatic N) is 1. The summed E-state index contributed by atoms with van der Waals surface area (Å²) in [5.74, 6) is 1.38. The van der Waals surface area contributed by atoms with Crippen LogP contribution in [0.1, 0.15) is 39.2 Å². The quantitative estimate of drug-likeness (QED) is 0.801. The van der Waals surface area contributed by atoms with Crippen molar-refractivity contribution in [3.05, 3.63) is 23.8 Å². The first-order chi connectivity index (χ1) is 7.98. The van der Waals surface area contributed by atoms with Gasteiger partial charge in [-0.25, -0.2) is 0 Å². The molecule has 1 aliphatic carbocycles. The van der Waals surface area contributed by atoms with Crippen LogP contribution in [0.4, 0.5) is 0 Å². The second-order valence-electron chi connectivity index (χ2n) is 5.30. The van der Waals surface area contributed by atoms with Crippen LogP contribution in [0.3, 0.4) is 0 Å². The number of benzene rings is 1. The van der Waals surface area contributed by atoms with Gasteiger partial charge in [0.15, 0.2) is 0 Å². The Hall–Kier alpha value is -1.69. The van der Waals surface area contributed by atoms with E-state index in [2.05, 4.69) is 6.07 Å². The van der Waals surface area contributed by atoms with Gasteiger partial charge in [-0.3, -0.25) is 0 Å². The topological polar surface area (TPSA) is 42.2 Å². The van der Waals surface area contributed by atoms with Crippen molar-refractivity contribution in [2.45, 2.75) is 45.3 Å². The summed E-state index contributed by atoms with van der Waals surface area (Å²) in [6, 6.07) is 7.52. The Balaban J connectivity index is 2.22. The second-order valence-corrected chi connectivity index (χ2v) is 5.30. The highest BCUT2D eigenvalue weighted by Crippen LogP contribution is 2.31. The van der Waals surface area contributed by atoms with Crippen LogP contribution in [0.2, 0.25) is 0 Å². The molecule has 0 heterocycles. The molecule has 0 aromatic heterocycles. The zero-order valence-electron chi connectivity index (χ0n) is 10.5. The van der Waals surface area contributed by atoms with Gasteiger partial charge in [-0.2, -0.15) is 5.26 Å². The maximum absolute atomic E-state index is 9.03. The van der Waals surface area contributed by atoms with Gasteiger partial charge in [0.25, 0.3) is 0 Å². The molecule has 1 fully saturated rings. The monoisotopic (exact) mass is 231 g/mol.